The van der Waals surface area contributed by atoms with Gasteiger partial charge in [0.15, 0.2) is 0 Å². The molecule has 1 aromatic carbocycles. The van der Waals surface area contributed by atoms with Gasteiger partial charge >= 0.3 is 0 Å². The van der Waals surface area contributed by atoms with Crippen molar-refractivity contribution in [1.29, 1.82) is 0 Å². The maximum absolute atomic E-state index is 11.4. The molecule has 0 spiro atoms. The smallest absolute Gasteiger partial charge is 0.223 e. The lowest BCUT2D eigenvalue weighted by Gasteiger charge is -2.10. The van der Waals surface area contributed by atoms with Crippen LogP contribution in [0.4, 0.5) is 0 Å². The largest absolute Gasteiger partial charge is 0.349 e. The highest BCUT2D eigenvalue weighted by atomic mass is 35.5. The molecule has 0 unspecified atom stereocenters. The number of carbonyl (C=O) groups is 1. The summed E-state index contributed by atoms with van der Waals surface area (Å²) >= 11 is 8.04. The Morgan fingerprint density at radius 3 is 2.79 bits per heavy atom. The Hall–Kier alpha value is -1.10. The average molecular weight is 297 g/mol. The molecule has 5 heteroatoms. The van der Waals surface area contributed by atoms with Crippen LogP contribution in [-0.4, -0.2) is 31.4 Å². The Morgan fingerprint density at radius 2 is 2.11 bits per heavy atom. The van der Waals surface area contributed by atoms with Crippen molar-refractivity contribution in [2.24, 2.45) is 0 Å². The van der Waals surface area contributed by atoms with E-state index in [1.165, 1.54) is 4.70 Å². The van der Waals surface area contributed by atoms with Gasteiger partial charge in [-0.15, -0.1) is 11.3 Å². The topological polar surface area (TPSA) is 32.3 Å². The van der Waals surface area contributed by atoms with Crippen molar-refractivity contribution < 1.29 is 4.79 Å². The molecule has 0 bridgehead atoms. The zero-order valence-electron chi connectivity index (χ0n) is 11.1. The molecule has 0 saturated carbocycles. The van der Waals surface area contributed by atoms with Crippen LogP contribution in [-0.2, 0) is 11.3 Å². The van der Waals surface area contributed by atoms with Gasteiger partial charge in [0.2, 0.25) is 5.91 Å². The molecule has 19 heavy (non-hydrogen) atoms. The van der Waals surface area contributed by atoms with Crippen molar-refractivity contribution in [2.75, 3.05) is 20.6 Å². The highest BCUT2D eigenvalue weighted by Crippen LogP contribution is 2.34. The minimum absolute atomic E-state index is 0.134. The Morgan fingerprint density at radius 1 is 1.37 bits per heavy atom. The summed E-state index contributed by atoms with van der Waals surface area (Å²) in [6.07, 6.45) is 0.509. The molecular formula is C14H17ClN2OS. The van der Waals surface area contributed by atoms with Gasteiger partial charge in [-0.25, -0.2) is 0 Å². The number of hydrogen-bond donors (Lipinski definition) is 1. The van der Waals surface area contributed by atoms with Gasteiger partial charge in [-0.1, -0.05) is 29.8 Å². The fraction of sp³-hybridized carbons (Fsp3) is 0.357. The molecule has 2 aromatic rings. The van der Waals surface area contributed by atoms with Crippen molar-refractivity contribution >= 4 is 38.9 Å². The number of thiophene rings is 1. The highest BCUT2D eigenvalue weighted by Gasteiger charge is 2.09. The number of carbonyl (C=O) groups excluding carboxylic acids is 1. The summed E-state index contributed by atoms with van der Waals surface area (Å²) in [4.78, 5) is 14.2. The maximum atomic E-state index is 11.4. The average Bonchev–Trinajstić information content (AvgIpc) is 2.72. The summed E-state index contributed by atoms with van der Waals surface area (Å²) in [6.45, 7) is 1.38. The predicted octanol–water partition coefficient (Wildman–Crippen LogP) is 3.12. The van der Waals surface area contributed by atoms with Crippen LogP contribution < -0.4 is 5.32 Å². The molecular weight excluding hydrogens is 280 g/mol. The van der Waals surface area contributed by atoms with Gasteiger partial charge in [0, 0.05) is 48.6 Å². The van der Waals surface area contributed by atoms with Gasteiger partial charge in [-0.05, 0) is 6.07 Å². The van der Waals surface area contributed by atoms with E-state index in [4.69, 9.17) is 11.6 Å². The molecule has 0 atom stereocenters. The van der Waals surface area contributed by atoms with Crippen LogP contribution in [0.3, 0.4) is 0 Å². The summed E-state index contributed by atoms with van der Waals surface area (Å²) in [5.74, 6) is 0.134. The van der Waals surface area contributed by atoms with Crippen molar-refractivity contribution in [3.63, 3.8) is 0 Å². The van der Waals surface area contributed by atoms with Gasteiger partial charge in [0.25, 0.3) is 0 Å². The van der Waals surface area contributed by atoms with E-state index in [-0.39, 0.29) is 5.91 Å². The molecule has 1 N–H and O–H groups in total. The normalized spacial score (nSPS) is 10.9. The second kappa shape index (κ2) is 6.37. The van der Waals surface area contributed by atoms with E-state index in [9.17, 15) is 4.79 Å². The Bertz CT molecular complexity index is 580. The number of nitrogens with one attached hydrogen (secondary N) is 1. The van der Waals surface area contributed by atoms with Crippen molar-refractivity contribution in [2.45, 2.75) is 13.0 Å². The van der Waals surface area contributed by atoms with Gasteiger partial charge in [0.05, 0.1) is 5.02 Å². The zero-order chi connectivity index (χ0) is 13.8. The van der Waals surface area contributed by atoms with Crippen LogP contribution in [0.1, 0.15) is 11.3 Å². The van der Waals surface area contributed by atoms with E-state index in [2.05, 4.69) is 11.4 Å². The molecule has 1 heterocycles. The SMILES string of the molecule is CN(C)C(=O)CCNCc1sc2ccccc2c1Cl. The lowest BCUT2D eigenvalue weighted by molar-refractivity contribution is -0.128. The highest BCUT2D eigenvalue weighted by molar-refractivity contribution is 7.19. The van der Waals surface area contributed by atoms with E-state index in [0.29, 0.717) is 19.5 Å². The molecule has 0 radical (unpaired) electrons. The Balaban J connectivity index is 1.92. The fourth-order valence-electron chi connectivity index (χ4n) is 1.80. The summed E-state index contributed by atoms with van der Waals surface area (Å²) in [5, 5.41) is 5.20. The molecule has 0 saturated heterocycles. The van der Waals surface area contributed by atoms with E-state index in [1.807, 2.05) is 18.2 Å². The van der Waals surface area contributed by atoms with Crippen LogP contribution >= 0.6 is 22.9 Å². The van der Waals surface area contributed by atoms with E-state index < -0.39 is 0 Å². The molecule has 0 aliphatic carbocycles. The number of nitrogens with zero attached hydrogens (tertiary/aromatic N) is 1. The summed E-state index contributed by atoms with van der Waals surface area (Å²) in [5.41, 5.74) is 0. The summed E-state index contributed by atoms with van der Waals surface area (Å²) in [6, 6.07) is 8.12. The maximum Gasteiger partial charge on any atom is 0.223 e. The Kier molecular flexibility index (Phi) is 4.80. The molecule has 0 aliphatic rings. The van der Waals surface area contributed by atoms with Crippen LogP contribution in [0.2, 0.25) is 5.02 Å². The second-order valence-corrected chi connectivity index (χ2v) is 6.07. The molecule has 1 amide bonds. The first-order chi connectivity index (χ1) is 9.09. The standard InChI is InChI=1S/C14H17ClN2OS/c1-17(2)13(18)7-8-16-9-12-14(15)10-5-3-4-6-11(10)19-12/h3-6,16H,7-9H2,1-2H3. The first kappa shape index (κ1) is 14.3. The number of hydrogen-bond acceptors (Lipinski definition) is 3. The first-order valence-corrected chi connectivity index (χ1v) is 7.36. The van der Waals surface area contributed by atoms with Gasteiger partial charge in [0.1, 0.15) is 0 Å². The van der Waals surface area contributed by atoms with E-state index >= 15 is 0 Å². The molecule has 102 valence electrons. The van der Waals surface area contributed by atoms with E-state index in [0.717, 1.165) is 15.3 Å². The minimum atomic E-state index is 0.134. The first-order valence-electron chi connectivity index (χ1n) is 6.16. The zero-order valence-corrected chi connectivity index (χ0v) is 12.6. The minimum Gasteiger partial charge on any atom is -0.349 e. The van der Waals surface area contributed by atoms with Gasteiger partial charge in [-0.2, -0.15) is 0 Å². The molecule has 1 aromatic heterocycles. The van der Waals surface area contributed by atoms with Crippen molar-refractivity contribution in [3.05, 3.63) is 34.2 Å². The van der Waals surface area contributed by atoms with Crippen LogP contribution in [0, 0.1) is 0 Å². The third-order valence-corrected chi connectivity index (χ3v) is 4.62. The fourth-order valence-corrected chi connectivity index (χ4v) is 3.27. The number of benzene rings is 1. The molecule has 0 fully saturated rings. The number of halogens is 1. The lowest BCUT2D eigenvalue weighted by atomic mass is 10.2. The van der Waals surface area contributed by atoms with Crippen LogP contribution in [0.15, 0.2) is 24.3 Å². The van der Waals surface area contributed by atoms with Crippen molar-refractivity contribution in [1.82, 2.24) is 10.2 Å². The molecule has 2 rings (SSSR count). The number of amides is 1. The molecule has 3 nitrogen and oxygen atoms in total. The van der Waals surface area contributed by atoms with Gasteiger partial charge < -0.3 is 10.2 Å². The second-order valence-electron chi connectivity index (χ2n) is 4.55. The lowest BCUT2D eigenvalue weighted by Crippen LogP contribution is -2.26. The van der Waals surface area contributed by atoms with Gasteiger partial charge in [-0.3, -0.25) is 4.79 Å². The monoisotopic (exact) mass is 296 g/mol. The quantitative estimate of drug-likeness (QED) is 0.860. The van der Waals surface area contributed by atoms with Crippen molar-refractivity contribution in [3.8, 4) is 0 Å². The molecule has 0 aliphatic heterocycles. The predicted molar refractivity (Wildman–Crippen MR) is 81.9 cm³/mol. The third-order valence-electron chi connectivity index (χ3n) is 2.90. The van der Waals surface area contributed by atoms with E-state index in [1.54, 1.807) is 30.3 Å². The summed E-state index contributed by atoms with van der Waals surface area (Å²) < 4.78 is 1.20. The number of fused-ring (bicyclic) bond motifs is 1. The third kappa shape index (κ3) is 3.47. The summed E-state index contributed by atoms with van der Waals surface area (Å²) in [7, 11) is 3.54. The van der Waals surface area contributed by atoms with Crippen LogP contribution in [0.25, 0.3) is 10.1 Å². The number of rotatable bonds is 5. The van der Waals surface area contributed by atoms with Crippen LogP contribution in [0.5, 0.6) is 0 Å². The Labute approximate surface area is 122 Å².